The smallest absolute Gasteiger partial charge is 0.156 e. The fourth-order valence-electron chi connectivity index (χ4n) is 1.47. The molecule has 17 heavy (non-hydrogen) atoms. The largest absolute Gasteiger partial charge is 0.265 e. The van der Waals surface area contributed by atoms with E-state index in [9.17, 15) is 8.42 Å². The summed E-state index contributed by atoms with van der Waals surface area (Å²) in [4.78, 5) is 8.20. The predicted octanol–water partition coefficient (Wildman–Crippen LogP) is 1.85. The zero-order valence-corrected chi connectivity index (χ0v) is 9.89. The minimum Gasteiger partial charge on any atom is -0.265 e. The summed E-state index contributed by atoms with van der Waals surface area (Å²) in [6, 6.07) is 8.93. The summed E-state index contributed by atoms with van der Waals surface area (Å²) in [6.07, 6.45) is 6.43. The van der Waals surface area contributed by atoms with Gasteiger partial charge in [-0.2, -0.15) is 0 Å². The zero-order chi connectivity index (χ0) is 12.3. The summed E-state index contributed by atoms with van der Waals surface area (Å²) >= 11 is 0. The lowest BCUT2D eigenvalue weighted by atomic mass is 10.2. The van der Waals surface area contributed by atoms with Gasteiger partial charge in [-0.25, -0.2) is 8.42 Å². The van der Waals surface area contributed by atoms with Crippen LogP contribution in [0.15, 0.2) is 42.7 Å². The minimum atomic E-state index is -3.30. The first kappa shape index (κ1) is 11.7. The summed E-state index contributed by atoms with van der Waals surface area (Å²) in [7, 11) is -3.30. The van der Waals surface area contributed by atoms with Gasteiger partial charge < -0.3 is 0 Å². The van der Waals surface area contributed by atoms with Gasteiger partial charge in [-0.15, -0.1) is 0 Å². The highest BCUT2D eigenvalue weighted by atomic mass is 32.2. The van der Waals surface area contributed by atoms with E-state index in [2.05, 4.69) is 16.2 Å². The van der Waals surface area contributed by atoms with E-state index in [-0.39, 0.29) is 5.75 Å². The Morgan fingerprint density at radius 3 is 2.47 bits per heavy atom. The Morgan fingerprint density at radius 2 is 1.82 bits per heavy atom. The van der Waals surface area contributed by atoms with Gasteiger partial charge in [-0.05, 0) is 24.3 Å². The second kappa shape index (κ2) is 4.63. The van der Waals surface area contributed by atoms with E-state index in [4.69, 9.17) is 0 Å². The van der Waals surface area contributed by atoms with Gasteiger partial charge >= 0.3 is 0 Å². The molecule has 0 aliphatic carbocycles. The second-order valence-electron chi connectivity index (χ2n) is 3.64. The van der Waals surface area contributed by atoms with Crippen molar-refractivity contribution in [1.29, 1.82) is 0 Å². The van der Waals surface area contributed by atoms with E-state index in [1.807, 2.05) is 18.2 Å². The van der Waals surface area contributed by atoms with Crippen LogP contribution in [0.1, 0.15) is 5.69 Å². The molecule has 0 amide bonds. The van der Waals surface area contributed by atoms with Crippen molar-refractivity contribution in [2.45, 2.75) is 5.75 Å². The molecule has 0 atom stereocenters. The van der Waals surface area contributed by atoms with E-state index in [0.717, 1.165) is 11.3 Å². The monoisotopic (exact) mass is 247 g/mol. The third-order valence-corrected chi connectivity index (χ3v) is 2.89. The van der Waals surface area contributed by atoms with Crippen molar-refractivity contribution >= 4 is 9.84 Å². The van der Waals surface area contributed by atoms with Crippen molar-refractivity contribution in [3.8, 4) is 11.3 Å². The lowest BCUT2D eigenvalue weighted by molar-refractivity contribution is 0.603. The van der Waals surface area contributed by atoms with Crippen molar-refractivity contribution in [1.82, 2.24) is 9.97 Å². The molecule has 0 unspecified atom stereocenters. The Labute approximate surface area is 100 Å². The SMILES string of the molecule is [CH2]S(=O)(=O)Cc1cccc(-c2ccncc2)n1. The van der Waals surface area contributed by atoms with Crippen LogP contribution in [0, 0.1) is 6.26 Å². The molecule has 0 bridgehead atoms. The fourth-order valence-corrected chi connectivity index (χ4v) is 2.08. The molecule has 0 spiro atoms. The Kier molecular flexibility index (Phi) is 3.19. The average Bonchev–Trinajstić information content (AvgIpc) is 2.28. The molecule has 0 aromatic carbocycles. The fraction of sp³-hybridized carbons (Fsp3) is 0.0833. The van der Waals surface area contributed by atoms with E-state index >= 15 is 0 Å². The van der Waals surface area contributed by atoms with Gasteiger partial charge in [0, 0.05) is 18.0 Å². The number of rotatable bonds is 3. The summed E-state index contributed by atoms with van der Waals surface area (Å²) in [5.74, 6) is -0.147. The predicted molar refractivity (Wildman–Crippen MR) is 65.4 cm³/mol. The first-order valence-electron chi connectivity index (χ1n) is 4.97. The van der Waals surface area contributed by atoms with Crippen molar-refractivity contribution in [3.63, 3.8) is 0 Å². The van der Waals surface area contributed by atoms with E-state index < -0.39 is 9.84 Å². The summed E-state index contributed by atoms with van der Waals surface area (Å²) < 4.78 is 22.2. The quantitative estimate of drug-likeness (QED) is 0.830. The Morgan fingerprint density at radius 1 is 1.12 bits per heavy atom. The first-order chi connectivity index (χ1) is 8.04. The highest BCUT2D eigenvalue weighted by Gasteiger charge is 2.07. The summed E-state index contributed by atoms with van der Waals surface area (Å²) in [5, 5.41) is 0. The number of sulfone groups is 1. The van der Waals surface area contributed by atoms with Crippen molar-refractivity contribution < 1.29 is 8.42 Å². The number of aromatic nitrogens is 2. The molecule has 4 nitrogen and oxygen atoms in total. The number of hydrogen-bond donors (Lipinski definition) is 0. The lowest BCUT2D eigenvalue weighted by Crippen LogP contribution is -2.01. The van der Waals surface area contributed by atoms with Gasteiger partial charge in [-0.3, -0.25) is 9.97 Å². The van der Waals surface area contributed by atoms with Crippen LogP contribution in [0.25, 0.3) is 11.3 Å². The van der Waals surface area contributed by atoms with Gasteiger partial charge in [0.15, 0.2) is 9.84 Å². The van der Waals surface area contributed by atoms with Crippen LogP contribution in [0.4, 0.5) is 0 Å². The molecule has 0 fully saturated rings. The van der Waals surface area contributed by atoms with E-state index in [1.54, 1.807) is 24.5 Å². The van der Waals surface area contributed by atoms with Gasteiger partial charge in [0.05, 0.1) is 23.4 Å². The summed E-state index contributed by atoms with van der Waals surface area (Å²) in [5.41, 5.74) is 2.13. The molecular formula is C12H11N2O2S. The molecule has 2 aromatic rings. The Bertz CT molecular complexity index is 609. The third kappa shape index (κ3) is 3.35. The third-order valence-electron chi connectivity index (χ3n) is 2.15. The molecule has 2 heterocycles. The van der Waals surface area contributed by atoms with Crippen molar-refractivity contribution in [2.75, 3.05) is 0 Å². The van der Waals surface area contributed by atoms with Crippen molar-refractivity contribution in [2.24, 2.45) is 0 Å². The maximum absolute atomic E-state index is 11.1. The summed E-state index contributed by atoms with van der Waals surface area (Å²) in [6.45, 7) is 0. The van der Waals surface area contributed by atoms with Crippen LogP contribution in [-0.4, -0.2) is 18.4 Å². The normalized spacial score (nSPS) is 11.4. The molecule has 87 valence electrons. The van der Waals surface area contributed by atoms with Crippen LogP contribution in [0.3, 0.4) is 0 Å². The second-order valence-corrected chi connectivity index (χ2v) is 5.41. The maximum atomic E-state index is 11.1. The van der Waals surface area contributed by atoms with Crippen LogP contribution < -0.4 is 0 Å². The first-order valence-corrected chi connectivity index (χ1v) is 6.79. The average molecular weight is 247 g/mol. The number of pyridine rings is 2. The highest BCUT2D eigenvalue weighted by Crippen LogP contribution is 2.16. The van der Waals surface area contributed by atoms with Crippen LogP contribution >= 0.6 is 0 Å². The van der Waals surface area contributed by atoms with Gasteiger partial charge in [0.25, 0.3) is 0 Å². The molecule has 2 aromatic heterocycles. The van der Waals surface area contributed by atoms with Gasteiger partial charge in [0.1, 0.15) is 0 Å². The lowest BCUT2D eigenvalue weighted by Gasteiger charge is -2.03. The number of nitrogens with zero attached hydrogens (tertiary/aromatic N) is 2. The molecule has 0 aliphatic heterocycles. The van der Waals surface area contributed by atoms with Crippen LogP contribution in [0.5, 0.6) is 0 Å². The van der Waals surface area contributed by atoms with Crippen LogP contribution in [0.2, 0.25) is 0 Å². The van der Waals surface area contributed by atoms with Crippen LogP contribution in [-0.2, 0) is 15.6 Å². The van der Waals surface area contributed by atoms with Crippen molar-refractivity contribution in [3.05, 3.63) is 54.7 Å². The Balaban J connectivity index is 2.36. The molecule has 1 radical (unpaired) electrons. The molecule has 0 saturated heterocycles. The molecule has 0 saturated carbocycles. The topological polar surface area (TPSA) is 59.9 Å². The maximum Gasteiger partial charge on any atom is 0.156 e. The molecule has 0 N–H and O–H groups in total. The zero-order valence-electron chi connectivity index (χ0n) is 9.07. The van der Waals surface area contributed by atoms with E-state index in [0.29, 0.717) is 5.69 Å². The molecular weight excluding hydrogens is 236 g/mol. The van der Waals surface area contributed by atoms with E-state index in [1.165, 1.54) is 0 Å². The Hall–Kier alpha value is -1.75. The highest BCUT2D eigenvalue weighted by molar-refractivity contribution is 7.91. The molecule has 2 rings (SSSR count). The molecule has 5 heteroatoms. The van der Waals surface area contributed by atoms with Gasteiger partial charge in [0.2, 0.25) is 0 Å². The minimum absolute atomic E-state index is 0.147. The standard InChI is InChI=1S/C12H11N2O2S/c1-17(15,16)9-11-3-2-4-12(14-11)10-5-7-13-8-6-10/h2-8H,1,9H2. The van der Waals surface area contributed by atoms with Gasteiger partial charge in [-0.1, -0.05) is 6.07 Å². The molecule has 0 aliphatic rings. The number of hydrogen-bond acceptors (Lipinski definition) is 4.